The summed E-state index contributed by atoms with van der Waals surface area (Å²) in [6.45, 7) is 4.19. The Hall–Kier alpha value is -0.0800. The molecule has 0 radical (unpaired) electrons. The van der Waals surface area contributed by atoms with Crippen LogP contribution in [-0.2, 0) is 4.74 Å². The Bertz CT molecular complexity index is 273. The molecule has 2 nitrogen and oxygen atoms in total. The van der Waals surface area contributed by atoms with E-state index in [2.05, 4.69) is 12.2 Å². The molecule has 0 aromatic rings. The van der Waals surface area contributed by atoms with Crippen LogP contribution in [-0.4, -0.2) is 24.8 Å². The third-order valence-electron chi connectivity index (χ3n) is 5.82. The molecule has 1 unspecified atom stereocenters. The second-order valence-electron chi connectivity index (χ2n) is 6.91. The predicted molar refractivity (Wildman–Crippen MR) is 63.2 cm³/mol. The first kappa shape index (κ1) is 9.90. The lowest BCUT2D eigenvalue weighted by molar-refractivity contribution is -0.136. The minimum Gasteiger partial charge on any atom is -0.378 e. The van der Waals surface area contributed by atoms with Crippen LogP contribution in [0.3, 0.4) is 0 Å². The Morgan fingerprint density at radius 3 is 2.19 bits per heavy atom. The van der Waals surface area contributed by atoms with Gasteiger partial charge in [-0.2, -0.15) is 0 Å². The highest BCUT2D eigenvalue weighted by Crippen LogP contribution is 2.58. The van der Waals surface area contributed by atoms with Gasteiger partial charge in [-0.05, 0) is 62.7 Å². The van der Waals surface area contributed by atoms with E-state index in [4.69, 9.17) is 4.74 Å². The first-order chi connectivity index (χ1) is 7.76. The van der Waals surface area contributed by atoms with Gasteiger partial charge < -0.3 is 10.1 Å². The van der Waals surface area contributed by atoms with Crippen LogP contribution in [0.2, 0.25) is 0 Å². The molecule has 1 saturated heterocycles. The van der Waals surface area contributed by atoms with Crippen molar-refractivity contribution in [2.45, 2.75) is 50.6 Å². The largest absolute Gasteiger partial charge is 0.378 e. The quantitative estimate of drug-likeness (QED) is 0.677. The molecule has 0 aromatic carbocycles. The summed E-state index contributed by atoms with van der Waals surface area (Å²) in [6.07, 6.45) is 7.47. The molecule has 5 aliphatic rings. The predicted octanol–water partition coefficient (Wildman–Crippen LogP) is 2.19. The summed E-state index contributed by atoms with van der Waals surface area (Å²) < 4.78 is 5.90. The van der Waals surface area contributed by atoms with Gasteiger partial charge >= 0.3 is 0 Å². The second-order valence-corrected chi connectivity index (χ2v) is 6.91. The maximum absolute atomic E-state index is 5.90. The van der Waals surface area contributed by atoms with Gasteiger partial charge in [0.1, 0.15) is 0 Å². The summed E-state index contributed by atoms with van der Waals surface area (Å²) in [4.78, 5) is 0. The van der Waals surface area contributed by atoms with Crippen LogP contribution < -0.4 is 5.32 Å². The van der Waals surface area contributed by atoms with Crippen molar-refractivity contribution in [3.05, 3.63) is 0 Å². The number of hydrogen-bond donors (Lipinski definition) is 1. The minimum atomic E-state index is 0.380. The van der Waals surface area contributed by atoms with Crippen LogP contribution in [0.1, 0.15) is 39.0 Å². The number of rotatable bonds is 0. The first-order valence-corrected chi connectivity index (χ1v) is 7.12. The molecule has 0 aromatic heterocycles. The normalized spacial score (nSPS) is 59.4. The average Bonchev–Trinajstić information content (AvgIpc) is 2.25. The zero-order chi connectivity index (χ0) is 10.8. The van der Waals surface area contributed by atoms with Gasteiger partial charge in [0.15, 0.2) is 0 Å². The SMILES string of the molecule is CC1COCC2(N1)C1CC3CC(C1)CC2C3. The monoisotopic (exact) mass is 221 g/mol. The van der Waals surface area contributed by atoms with E-state index in [9.17, 15) is 0 Å². The van der Waals surface area contributed by atoms with Crippen LogP contribution in [0.4, 0.5) is 0 Å². The van der Waals surface area contributed by atoms with E-state index in [1.807, 2.05) is 0 Å². The smallest absolute Gasteiger partial charge is 0.0654 e. The number of hydrogen-bond acceptors (Lipinski definition) is 2. The molecule has 1 aliphatic heterocycles. The molecule has 4 aliphatic carbocycles. The fourth-order valence-electron chi connectivity index (χ4n) is 5.44. The maximum atomic E-state index is 5.90. The molecule has 4 bridgehead atoms. The van der Waals surface area contributed by atoms with E-state index in [-0.39, 0.29) is 0 Å². The Morgan fingerprint density at radius 1 is 1.00 bits per heavy atom. The van der Waals surface area contributed by atoms with Crippen molar-refractivity contribution in [3.8, 4) is 0 Å². The Labute approximate surface area is 98.1 Å². The highest BCUT2D eigenvalue weighted by molar-refractivity contribution is 5.12. The van der Waals surface area contributed by atoms with Crippen LogP contribution >= 0.6 is 0 Å². The van der Waals surface area contributed by atoms with E-state index in [0.717, 1.165) is 36.9 Å². The molecular formula is C14H23NO. The second kappa shape index (κ2) is 3.23. The van der Waals surface area contributed by atoms with Crippen LogP contribution in [0.5, 0.6) is 0 Å². The van der Waals surface area contributed by atoms with Crippen LogP contribution in [0, 0.1) is 23.7 Å². The zero-order valence-corrected chi connectivity index (χ0v) is 10.2. The van der Waals surface area contributed by atoms with E-state index < -0.39 is 0 Å². The van der Waals surface area contributed by atoms with Crippen LogP contribution in [0.15, 0.2) is 0 Å². The average molecular weight is 221 g/mol. The topological polar surface area (TPSA) is 21.3 Å². The Morgan fingerprint density at radius 2 is 1.62 bits per heavy atom. The van der Waals surface area contributed by atoms with Gasteiger partial charge in [0.2, 0.25) is 0 Å². The molecule has 5 fully saturated rings. The molecule has 4 saturated carbocycles. The Kier molecular flexibility index (Phi) is 2.00. The van der Waals surface area contributed by atoms with Gasteiger partial charge in [-0.15, -0.1) is 0 Å². The molecule has 90 valence electrons. The van der Waals surface area contributed by atoms with Gasteiger partial charge in [-0.3, -0.25) is 0 Å². The molecule has 1 N–H and O–H groups in total. The van der Waals surface area contributed by atoms with Crippen molar-refractivity contribution in [1.82, 2.24) is 5.32 Å². The van der Waals surface area contributed by atoms with Crippen molar-refractivity contribution in [1.29, 1.82) is 0 Å². The van der Waals surface area contributed by atoms with E-state index in [1.165, 1.54) is 25.7 Å². The van der Waals surface area contributed by atoms with Gasteiger partial charge in [-0.25, -0.2) is 0 Å². The van der Waals surface area contributed by atoms with E-state index in [1.54, 1.807) is 6.42 Å². The van der Waals surface area contributed by atoms with Gasteiger partial charge in [0, 0.05) is 11.6 Å². The van der Waals surface area contributed by atoms with E-state index in [0.29, 0.717) is 11.6 Å². The fourth-order valence-corrected chi connectivity index (χ4v) is 5.44. The summed E-state index contributed by atoms with van der Waals surface area (Å²) in [5, 5.41) is 3.95. The molecule has 1 heterocycles. The molecule has 0 amide bonds. The standard InChI is InChI=1S/C14H23NO/c1-9-7-16-8-14(15-9)12-3-10-2-11(5-12)6-13(14)4-10/h9-13,15H,2-8H2,1H3. The highest BCUT2D eigenvalue weighted by Gasteiger charge is 2.58. The fraction of sp³-hybridized carbons (Fsp3) is 1.00. The van der Waals surface area contributed by atoms with Gasteiger partial charge in [0.25, 0.3) is 0 Å². The van der Waals surface area contributed by atoms with Crippen molar-refractivity contribution in [3.63, 3.8) is 0 Å². The first-order valence-electron chi connectivity index (χ1n) is 7.12. The molecule has 2 heteroatoms. The van der Waals surface area contributed by atoms with E-state index >= 15 is 0 Å². The summed E-state index contributed by atoms with van der Waals surface area (Å²) >= 11 is 0. The highest BCUT2D eigenvalue weighted by atomic mass is 16.5. The third kappa shape index (κ3) is 1.20. The molecule has 16 heavy (non-hydrogen) atoms. The lowest BCUT2D eigenvalue weighted by Crippen LogP contribution is -2.71. The lowest BCUT2D eigenvalue weighted by atomic mass is 9.48. The van der Waals surface area contributed by atoms with Crippen molar-refractivity contribution >= 4 is 0 Å². The molecule has 1 spiro atoms. The number of ether oxygens (including phenoxy) is 1. The van der Waals surface area contributed by atoms with Crippen molar-refractivity contribution in [2.24, 2.45) is 23.7 Å². The van der Waals surface area contributed by atoms with Crippen molar-refractivity contribution in [2.75, 3.05) is 13.2 Å². The van der Waals surface area contributed by atoms with Crippen LogP contribution in [0.25, 0.3) is 0 Å². The summed E-state index contributed by atoms with van der Waals surface area (Å²) in [6, 6.07) is 0.561. The molecule has 1 atom stereocenters. The number of nitrogens with one attached hydrogen (secondary N) is 1. The third-order valence-corrected chi connectivity index (χ3v) is 5.82. The van der Waals surface area contributed by atoms with Crippen molar-refractivity contribution < 1.29 is 4.74 Å². The summed E-state index contributed by atoms with van der Waals surface area (Å²) in [5.41, 5.74) is 0.380. The minimum absolute atomic E-state index is 0.380. The lowest BCUT2D eigenvalue weighted by Gasteiger charge is -2.63. The molecular weight excluding hydrogens is 198 g/mol. The summed E-state index contributed by atoms with van der Waals surface area (Å²) in [5.74, 6) is 3.97. The number of morpholine rings is 1. The maximum Gasteiger partial charge on any atom is 0.0654 e. The Balaban J connectivity index is 1.67. The zero-order valence-electron chi connectivity index (χ0n) is 10.2. The summed E-state index contributed by atoms with van der Waals surface area (Å²) in [7, 11) is 0. The van der Waals surface area contributed by atoms with Gasteiger partial charge in [-0.1, -0.05) is 0 Å². The van der Waals surface area contributed by atoms with Gasteiger partial charge in [0.05, 0.1) is 13.2 Å². The molecule has 5 rings (SSSR count).